The lowest BCUT2D eigenvalue weighted by Crippen LogP contribution is -2.61. The van der Waals surface area contributed by atoms with E-state index < -0.39 is 17.6 Å². The number of nitrogens with one attached hydrogen (secondary N) is 2. The van der Waals surface area contributed by atoms with Crippen LogP contribution in [0.4, 0.5) is 11.6 Å². The van der Waals surface area contributed by atoms with Gasteiger partial charge < -0.3 is 40.1 Å². The van der Waals surface area contributed by atoms with Gasteiger partial charge in [-0.2, -0.15) is 0 Å². The number of aromatic nitrogens is 5. The molecule has 4 aromatic rings. The number of benzene rings is 1. The lowest BCUT2D eigenvalue weighted by molar-refractivity contribution is -0.149. The third-order valence-electron chi connectivity index (χ3n) is 15.1. The number of aromatic amines is 1. The van der Waals surface area contributed by atoms with Crippen LogP contribution >= 0.6 is 0 Å². The molecule has 2 bridgehead atoms. The zero-order chi connectivity index (χ0) is 41.5. The predicted molar refractivity (Wildman–Crippen MR) is 229 cm³/mol. The van der Waals surface area contributed by atoms with Crippen LogP contribution in [0.5, 0.6) is 5.75 Å². The van der Waals surface area contributed by atoms with Gasteiger partial charge in [0.25, 0.3) is 0 Å². The van der Waals surface area contributed by atoms with Gasteiger partial charge >= 0.3 is 0 Å². The van der Waals surface area contributed by atoms with Crippen molar-refractivity contribution in [2.45, 2.75) is 128 Å². The Morgan fingerprint density at radius 3 is 2.28 bits per heavy atom. The minimum absolute atomic E-state index is 0.0100. The number of fused-ring (bicyclic) bond motifs is 3. The van der Waals surface area contributed by atoms with Crippen LogP contribution in [0, 0.1) is 16.7 Å². The molecular weight excluding hydrogens is 757 g/mol. The number of anilines is 2. The number of β-amino-alcohol motifs (C(OH)–C–C–N with tert-alkyl or cyclic N) is 1. The summed E-state index contributed by atoms with van der Waals surface area (Å²) >= 11 is 0. The number of nitrogens with zero attached hydrogens (tertiary/aromatic N) is 8. The molecule has 2 amide bonds. The van der Waals surface area contributed by atoms with Crippen LogP contribution in [0.15, 0.2) is 48.9 Å². The molecule has 60 heavy (non-hydrogen) atoms. The highest BCUT2D eigenvalue weighted by Crippen LogP contribution is 2.60. The van der Waals surface area contributed by atoms with Crippen molar-refractivity contribution in [1.29, 1.82) is 0 Å². The minimum atomic E-state index is -0.598. The Bertz CT molecular complexity index is 2220. The van der Waals surface area contributed by atoms with Gasteiger partial charge in [-0.1, -0.05) is 32.9 Å². The number of rotatable bonds is 8. The van der Waals surface area contributed by atoms with E-state index in [9.17, 15) is 19.8 Å². The molecule has 4 N–H and O–H groups in total. The Morgan fingerprint density at radius 2 is 1.63 bits per heavy atom. The maximum Gasteiger partial charge on any atom is 0.246 e. The number of hydrogen-bond donors (Lipinski definition) is 4. The van der Waals surface area contributed by atoms with Crippen molar-refractivity contribution in [3.8, 4) is 17.0 Å². The quantitative estimate of drug-likeness (QED) is 0.184. The van der Waals surface area contributed by atoms with Crippen molar-refractivity contribution in [2.75, 3.05) is 42.5 Å². The van der Waals surface area contributed by atoms with Crippen molar-refractivity contribution in [3.63, 3.8) is 0 Å². The van der Waals surface area contributed by atoms with Gasteiger partial charge in [0, 0.05) is 79.3 Å². The number of phenols is 1. The predicted octanol–water partition coefficient (Wildman–Crippen LogP) is 5.23. The molecule has 7 heterocycles. The number of phenolic OH excluding ortho intramolecular Hbond substituents is 1. The molecule has 5 atom stereocenters. The molecule has 4 aliphatic heterocycles. The zero-order valence-electron chi connectivity index (χ0n) is 35.4. The molecule has 10 rings (SSSR count). The normalized spacial score (nSPS) is 30.1. The summed E-state index contributed by atoms with van der Waals surface area (Å²) in [5.74, 6) is 1.40. The molecule has 1 aromatic carbocycles. The van der Waals surface area contributed by atoms with E-state index in [1.165, 1.54) is 5.56 Å². The molecule has 14 nitrogen and oxygen atoms in total. The van der Waals surface area contributed by atoms with E-state index in [1.54, 1.807) is 11.0 Å². The number of piperazine rings is 1. The van der Waals surface area contributed by atoms with E-state index in [0.717, 1.165) is 100 Å². The van der Waals surface area contributed by atoms with Crippen molar-refractivity contribution < 1.29 is 19.8 Å². The Labute approximate surface area is 352 Å². The molecule has 14 heteroatoms. The number of H-pyrrole nitrogens is 1. The molecule has 0 radical (unpaired) electrons. The molecule has 6 aliphatic rings. The fraction of sp³-hybridized carbons (Fsp3) is 0.609. The summed E-state index contributed by atoms with van der Waals surface area (Å²) in [6.45, 7) is 12.2. The number of piperidine rings is 1. The molecular formula is C46H60N10O4. The molecule has 2 saturated carbocycles. The molecule has 3 aromatic heterocycles. The fourth-order valence-corrected chi connectivity index (χ4v) is 11.8. The number of para-hydroxylation sites is 1. The third kappa shape index (κ3) is 7.06. The average Bonchev–Trinajstić information content (AvgIpc) is 3.86. The van der Waals surface area contributed by atoms with E-state index in [0.29, 0.717) is 48.3 Å². The smallest absolute Gasteiger partial charge is 0.246 e. The second kappa shape index (κ2) is 15.0. The van der Waals surface area contributed by atoms with Crippen LogP contribution in [-0.4, -0.2) is 126 Å². The molecule has 2 unspecified atom stereocenters. The summed E-state index contributed by atoms with van der Waals surface area (Å²) < 4.78 is 0. The van der Waals surface area contributed by atoms with E-state index in [2.05, 4.69) is 47.6 Å². The van der Waals surface area contributed by atoms with Crippen LogP contribution < -0.4 is 15.1 Å². The zero-order valence-corrected chi connectivity index (χ0v) is 35.4. The highest BCUT2D eigenvalue weighted by atomic mass is 16.3. The number of amides is 2. The molecule has 318 valence electrons. The van der Waals surface area contributed by atoms with Gasteiger partial charge in [-0.25, -0.2) is 9.97 Å². The van der Waals surface area contributed by atoms with Crippen LogP contribution in [0.3, 0.4) is 0 Å². The van der Waals surface area contributed by atoms with E-state index in [-0.39, 0.29) is 34.9 Å². The van der Waals surface area contributed by atoms with Gasteiger partial charge in [0.1, 0.15) is 11.8 Å². The van der Waals surface area contributed by atoms with Gasteiger partial charge in [0.15, 0.2) is 5.65 Å². The number of aromatic hydroxyl groups is 1. The second-order valence-electron chi connectivity index (χ2n) is 20.2. The van der Waals surface area contributed by atoms with E-state index >= 15 is 0 Å². The number of carbonyl (C=O) groups is 2. The number of aliphatic hydroxyl groups excluding tert-OH is 1. The van der Waals surface area contributed by atoms with Crippen molar-refractivity contribution in [1.82, 2.24) is 40.3 Å². The molecule has 1 spiro atoms. The lowest BCUT2D eigenvalue weighted by atomic mass is 9.49. The maximum absolute atomic E-state index is 13.5. The van der Waals surface area contributed by atoms with Crippen molar-refractivity contribution in [3.05, 3.63) is 54.5 Å². The standard InChI is InChI=1S/C46H60N10O4/c1-27-15-34(57)26-55(27)43(60)40(45(2,3)4)50-42(59)29-17-46(18-29)19-33(20-46)53-13-11-28(12-14-53)30-21-48-44(49-22-30)56-31-9-10-32(56)25-54(24-31)38-23-47-41-36(38)16-37(51-52-41)35-7-5-6-8-39(35)58/h5-8,16,21-23,27-29,31-34,40,57-58H,9-15,17-20,24-26H2,1-4H3,(H,47,52)(H,50,59)/t27-,29?,31?,32?,33?,34-,40-,46?/m1/s1. The summed E-state index contributed by atoms with van der Waals surface area (Å²) in [5.41, 5.74) is 4.27. The Balaban J connectivity index is 0.699. The fourth-order valence-electron chi connectivity index (χ4n) is 11.8. The van der Waals surface area contributed by atoms with Gasteiger partial charge in [0.05, 0.1) is 17.5 Å². The van der Waals surface area contributed by atoms with E-state index in [4.69, 9.17) is 9.97 Å². The number of hydrogen-bond acceptors (Lipinski definition) is 11. The molecule has 4 saturated heterocycles. The summed E-state index contributed by atoms with van der Waals surface area (Å²) in [6.07, 6.45) is 14.9. The number of likely N-dealkylation sites (tertiary alicyclic amines) is 2. The van der Waals surface area contributed by atoms with E-state index in [1.807, 2.05) is 58.2 Å². The maximum atomic E-state index is 13.5. The summed E-state index contributed by atoms with van der Waals surface area (Å²) in [4.78, 5) is 49.6. The summed E-state index contributed by atoms with van der Waals surface area (Å²) in [6, 6.07) is 9.89. The van der Waals surface area contributed by atoms with Crippen molar-refractivity contribution in [2.24, 2.45) is 16.7 Å². The second-order valence-corrected chi connectivity index (χ2v) is 20.2. The number of carbonyl (C=O) groups excluding carboxylic acids is 2. The SMILES string of the molecule is C[C@@H]1C[C@@H](O)CN1C(=O)[C@@H](NC(=O)C1CC2(C1)CC(N1CCC(c3cnc(N4C5CCC4CN(c4c[nH]c6nnc(-c7ccccc7O)cc46)C5)nc3)CC1)C2)C(C)(C)C. The summed E-state index contributed by atoms with van der Waals surface area (Å²) in [5, 5.41) is 33.6. The Morgan fingerprint density at radius 1 is 0.933 bits per heavy atom. The van der Waals surface area contributed by atoms with Crippen LogP contribution in [0.2, 0.25) is 0 Å². The Hall–Kier alpha value is -4.82. The number of aliphatic hydroxyl groups is 1. The first-order valence-electron chi connectivity index (χ1n) is 22.3. The summed E-state index contributed by atoms with van der Waals surface area (Å²) in [7, 11) is 0. The first kappa shape index (κ1) is 39.3. The Kier molecular flexibility index (Phi) is 9.81. The molecule has 2 aliphatic carbocycles. The van der Waals surface area contributed by atoms with Crippen LogP contribution in [0.25, 0.3) is 22.3 Å². The first-order valence-corrected chi connectivity index (χ1v) is 22.3. The average molecular weight is 817 g/mol. The highest BCUT2D eigenvalue weighted by Gasteiger charge is 2.56. The van der Waals surface area contributed by atoms with Crippen molar-refractivity contribution >= 4 is 34.5 Å². The molecule has 6 fully saturated rings. The topological polar surface area (TPSA) is 167 Å². The largest absolute Gasteiger partial charge is 0.507 e. The highest BCUT2D eigenvalue weighted by molar-refractivity contribution is 5.93. The van der Waals surface area contributed by atoms with Gasteiger partial charge in [-0.3, -0.25) is 9.59 Å². The van der Waals surface area contributed by atoms with Gasteiger partial charge in [0.2, 0.25) is 17.8 Å². The van der Waals surface area contributed by atoms with Crippen LogP contribution in [0.1, 0.15) is 97.0 Å². The third-order valence-corrected chi connectivity index (χ3v) is 15.1. The van der Waals surface area contributed by atoms with Crippen LogP contribution in [-0.2, 0) is 9.59 Å². The lowest BCUT2D eigenvalue weighted by Gasteiger charge is -2.60. The van der Waals surface area contributed by atoms with Gasteiger partial charge in [-0.05, 0) is 118 Å². The van der Waals surface area contributed by atoms with Gasteiger partial charge in [-0.15, -0.1) is 10.2 Å². The monoisotopic (exact) mass is 816 g/mol. The first-order chi connectivity index (χ1) is 28.8. The minimum Gasteiger partial charge on any atom is -0.507 e.